The summed E-state index contributed by atoms with van der Waals surface area (Å²) in [6.07, 6.45) is 2.05. The van der Waals surface area contributed by atoms with Gasteiger partial charge in [-0.1, -0.05) is 37.1 Å². The van der Waals surface area contributed by atoms with E-state index in [9.17, 15) is 5.11 Å². The van der Waals surface area contributed by atoms with Gasteiger partial charge in [-0.05, 0) is 24.1 Å². The second-order valence-corrected chi connectivity index (χ2v) is 6.27. The Labute approximate surface area is 138 Å². The molecular formula is C17H26ClNO3. The Morgan fingerprint density at radius 1 is 1.41 bits per heavy atom. The maximum atomic E-state index is 10.1. The van der Waals surface area contributed by atoms with Gasteiger partial charge in [-0.2, -0.15) is 0 Å². The molecule has 0 spiro atoms. The topological polar surface area (TPSA) is 41.9 Å². The van der Waals surface area contributed by atoms with Crippen molar-refractivity contribution < 1.29 is 14.6 Å². The second-order valence-electron chi connectivity index (χ2n) is 5.84. The van der Waals surface area contributed by atoms with E-state index < -0.39 is 6.10 Å². The van der Waals surface area contributed by atoms with Gasteiger partial charge in [0.25, 0.3) is 0 Å². The first kappa shape index (κ1) is 17.7. The number of morpholine rings is 1. The lowest BCUT2D eigenvalue weighted by molar-refractivity contribution is -0.0547. The predicted octanol–water partition coefficient (Wildman–Crippen LogP) is 2.72. The summed E-state index contributed by atoms with van der Waals surface area (Å²) in [7, 11) is 0. The van der Waals surface area contributed by atoms with Crippen LogP contribution in [0.1, 0.15) is 25.3 Å². The normalized spacial score (nSPS) is 21.0. The van der Waals surface area contributed by atoms with Crippen molar-refractivity contribution in [2.45, 2.75) is 38.6 Å². The van der Waals surface area contributed by atoms with E-state index in [1.165, 1.54) is 0 Å². The van der Waals surface area contributed by atoms with Gasteiger partial charge in [0.1, 0.15) is 0 Å². The molecule has 124 valence electrons. The van der Waals surface area contributed by atoms with Crippen molar-refractivity contribution in [2.24, 2.45) is 0 Å². The highest BCUT2D eigenvalue weighted by atomic mass is 35.5. The summed E-state index contributed by atoms with van der Waals surface area (Å²) >= 11 is 5.84. The average Bonchev–Trinajstić information content (AvgIpc) is 2.50. The van der Waals surface area contributed by atoms with Crippen LogP contribution in [0.25, 0.3) is 0 Å². The molecular weight excluding hydrogens is 302 g/mol. The fourth-order valence-electron chi connectivity index (χ4n) is 2.69. The average molecular weight is 328 g/mol. The number of aliphatic hydroxyl groups is 1. The molecule has 22 heavy (non-hydrogen) atoms. The monoisotopic (exact) mass is 327 g/mol. The minimum Gasteiger partial charge on any atom is -0.389 e. The van der Waals surface area contributed by atoms with Crippen LogP contribution in [-0.4, -0.2) is 55.1 Å². The van der Waals surface area contributed by atoms with E-state index in [1.807, 2.05) is 24.3 Å². The molecule has 1 aliphatic rings. The number of hydrogen-bond acceptors (Lipinski definition) is 4. The highest BCUT2D eigenvalue weighted by molar-refractivity contribution is 6.30. The highest BCUT2D eigenvalue weighted by Crippen LogP contribution is 2.12. The van der Waals surface area contributed by atoms with E-state index in [1.54, 1.807) is 0 Å². The number of nitrogens with zero attached hydrogens (tertiary/aromatic N) is 1. The summed E-state index contributed by atoms with van der Waals surface area (Å²) in [5, 5.41) is 10.8. The van der Waals surface area contributed by atoms with Gasteiger partial charge in [0.15, 0.2) is 0 Å². The predicted molar refractivity (Wildman–Crippen MR) is 88.2 cm³/mol. The van der Waals surface area contributed by atoms with Crippen molar-refractivity contribution in [1.29, 1.82) is 0 Å². The standard InChI is InChI=1S/C17H26ClNO3/c1-2-3-17-11-19(8-9-22-17)10-16(20)13-21-12-14-4-6-15(18)7-5-14/h4-7,16-17,20H,2-3,8-13H2,1H3. The Kier molecular flexibility index (Phi) is 7.63. The molecule has 0 saturated carbocycles. The Morgan fingerprint density at radius 2 is 2.18 bits per heavy atom. The summed E-state index contributed by atoms with van der Waals surface area (Å²) in [5.41, 5.74) is 1.06. The first-order valence-corrected chi connectivity index (χ1v) is 8.39. The third kappa shape index (κ3) is 6.23. The van der Waals surface area contributed by atoms with Gasteiger partial charge in [0, 0.05) is 24.7 Å². The van der Waals surface area contributed by atoms with Crippen LogP contribution in [0.5, 0.6) is 0 Å². The number of aliphatic hydroxyl groups excluding tert-OH is 1. The van der Waals surface area contributed by atoms with E-state index in [4.69, 9.17) is 21.1 Å². The van der Waals surface area contributed by atoms with Gasteiger partial charge in [0.2, 0.25) is 0 Å². The van der Waals surface area contributed by atoms with E-state index >= 15 is 0 Å². The van der Waals surface area contributed by atoms with Crippen LogP contribution in [0.4, 0.5) is 0 Å². The van der Waals surface area contributed by atoms with E-state index in [-0.39, 0.29) is 0 Å². The van der Waals surface area contributed by atoms with Gasteiger partial charge in [-0.3, -0.25) is 4.90 Å². The maximum Gasteiger partial charge on any atom is 0.0900 e. The molecule has 1 N–H and O–H groups in total. The van der Waals surface area contributed by atoms with E-state index in [0.717, 1.165) is 43.1 Å². The molecule has 0 amide bonds. The summed E-state index contributed by atoms with van der Waals surface area (Å²) in [6.45, 7) is 6.19. The van der Waals surface area contributed by atoms with E-state index in [0.29, 0.717) is 25.9 Å². The van der Waals surface area contributed by atoms with E-state index in [2.05, 4.69) is 11.8 Å². The van der Waals surface area contributed by atoms with Gasteiger partial charge >= 0.3 is 0 Å². The molecule has 1 fully saturated rings. The van der Waals surface area contributed by atoms with Crippen molar-refractivity contribution in [1.82, 2.24) is 4.90 Å². The van der Waals surface area contributed by atoms with Gasteiger partial charge < -0.3 is 14.6 Å². The number of halogens is 1. The summed E-state index contributed by atoms with van der Waals surface area (Å²) in [5.74, 6) is 0. The number of benzene rings is 1. The minimum absolute atomic E-state index is 0.306. The van der Waals surface area contributed by atoms with Gasteiger partial charge in [-0.15, -0.1) is 0 Å². The number of hydrogen-bond donors (Lipinski definition) is 1. The third-order valence-electron chi connectivity index (χ3n) is 3.79. The van der Waals surface area contributed by atoms with Crippen LogP contribution in [0.3, 0.4) is 0 Å². The second kappa shape index (κ2) is 9.48. The van der Waals surface area contributed by atoms with Crippen molar-refractivity contribution >= 4 is 11.6 Å². The summed E-state index contributed by atoms with van der Waals surface area (Å²) < 4.78 is 11.3. The molecule has 0 aliphatic carbocycles. The number of ether oxygens (including phenoxy) is 2. The molecule has 2 rings (SSSR count). The largest absolute Gasteiger partial charge is 0.389 e. The summed E-state index contributed by atoms with van der Waals surface area (Å²) in [4.78, 5) is 2.26. The molecule has 4 nitrogen and oxygen atoms in total. The first-order chi connectivity index (χ1) is 10.7. The Bertz CT molecular complexity index is 424. The minimum atomic E-state index is -0.465. The zero-order valence-electron chi connectivity index (χ0n) is 13.2. The zero-order valence-corrected chi connectivity index (χ0v) is 14.0. The molecule has 1 aromatic carbocycles. The maximum absolute atomic E-state index is 10.1. The molecule has 1 aromatic rings. The lowest BCUT2D eigenvalue weighted by Gasteiger charge is -2.33. The lowest BCUT2D eigenvalue weighted by Crippen LogP contribution is -2.46. The number of rotatable bonds is 8. The van der Waals surface area contributed by atoms with Crippen molar-refractivity contribution in [3.05, 3.63) is 34.9 Å². The molecule has 0 radical (unpaired) electrons. The van der Waals surface area contributed by atoms with Crippen molar-refractivity contribution in [3.8, 4) is 0 Å². The van der Waals surface area contributed by atoms with Crippen LogP contribution in [0.15, 0.2) is 24.3 Å². The zero-order chi connectivity index (χ0) is 15.8. The van der Waals surface area contributed by atoms with Crippen LogP contribution in [0, 0.1) is 0 Å². The Morgan fingerprint density at radius 3 is 2.91 bits per heavy atom. The molecule has 0 aromatic heterocycles. The molecule has 2 atom stereocenters. The third-order valence-corrected chi connectivity index (χ3v) is 4.05. The van der Waals surface area contributed by atoms with Gasteiger partial charge in [-0.25, -0.2) is 0 Å². The Balaban J connectivity index is 1.64. The van der Waals surface area contributed by atoms with Crippen LogP contribution in [-0.2, 0) is 16.1 Å². The molecule has 1 saturated heterocycles. The smallest absolute Gasteiger partial charge is 0.0900 e. The van der Waals surface area contributed by atoms with Crippen LogP contribution in [0.2, 0.25) is 5.02 Å². The number of β-amino-alcohol motifs (C(OH)–C–C–N with tert-alkyl or cyclic N) is 1. The quantitative estimate of drug-likeness (QED) is 0.797. The fourth-order valence-corrected chi connectivity index (χ4v) is 2.81. The fraction of sp³-hybridized carbons (Fsp3) is 0.647. The van der Waals surface area contributed by atoms with Gasteiger partial charge in [0.05, 0.1) is 32.0 Å². The molecule has 1 heterocycles. The van der Waals surface area contributed by atoms with Crippen molar-refractivity contribution in [2.75, 3.05) is 32.8 Å². The molecule has 1 aliphatic heterocycles. The Hall–Kier alpha value is -0.650. The van der Waals surface area contributed by atoms with Crippen molar-refractivity contribution in [3.63, 3.8) is 0 Å². The highest BCUT2D eigenvalue weighted by Gasteiger charge is 2.21. The lowest BCUT2D eigenvalue weighted by atomic mass is 10.1. The SMILES string of the molecule is CCCC1CN(CC(O)COCc2ccc(Cl)cc2)CCO1. The molecule has 2 unspecified atom stereocenters. The molecule has 0 bridgehead atoms. The molecule has 5 heteroatoms. The van der Waals surface area contributed by atoms with Crippen LogP contribution < -0.4 is 0 Å². The first-order valence-electron chi connectivity index (χ1n) is 8.01. The summed E-state index contributed by atoms with van der Waals surface area (Å²) in [6, 6.07) is 7.56. The van der Waals surface area contributed by atoms with Crippen LogP contribution >= 0.6 is 11.6 Å².